The molecule has 0 aromatic rings. The normalized spacial score (nSPS) is 21.0. The van der Waals surface area contributed by atoms with Gasteiger partial charge in [0.05, 0.1) is 6.10 Å². The molecule has 1 aliphatic rings. The summed E-state index contributed by atoms with van der Waals surface area (Å²) < 4.78 is 5.41. The van der Waals surface area contributed by atoms with Gasteiger partial charge in [-0.15, -0.1) is 0 Å². The van der Waals surface area contributed by atoms with E-state index in [2.05, 4.69) is 5.32 Å². The lowest BCUT2D eigenvalue weighted by atomic mass is 10.1. The van der Waals surface area contributed by atoms with Crippen LogP contribution < -0.4 is 11.1 Å². The molecule has 1 fully saturated rings. The van der Waals surface area contributed by atoms with E-state index in [0.29, 0.717) is 19.6 Å². The predicted octanol–water partition coefficient (Wildman–Crippen LogP) is 0.142. The van der Waals surface area contributed by atoms with E-state index in [9.17, 15) is 14.7 Å². The first-order valence-electron chi connectivity index (χ1n) is 8.74. The summed E-state index contributed by atoms with van der Waals surface area (Å²) in [5, 5.41) is 12.8. The first-order chi connectivity index (χ1) is 11.3. The Kier molecular flexibility index (Phi) is 7.22. The van der Waals surface area contributed by atoms with Crippen molar-refractivity contribution >= 4 is 12.0 Å². The van der Waals surface area contributed by atoms with Crippen LogP contribution in [0.5, 0.6) is 0 Å². The van der Waals surface area contributed by atoms with Crippen molar-refractivity contribution in [3.63, 3.8) is 0 Å². The average Bonchev–Trinajstić information content (AvgIpc) is 2.43. The van der Waals surface area contributed by atoms with Crippen LogP contribution in [0.15, 0.2) is 0 Å². The molecule has 0 aromatic carbocycles. The van der Waals surface area contributed by atoms with Crippen molar-refractivity contribution in [1.82, 2.24) is 15.1 Å². The van der Waals surface area contributed by atoms with Gasteiger partial charge < -0.3 is 25.8 Å². The molecule has 0 aliphatic carbocycles. The third kappa shape index (κ3) is 7.58. The van der Waals surface area contributed by atoms with E-state index in [1.54, 1.807) is 4.90 Å². The van der Waals surface area contributed by atoms with Gasteiger partial charge in [-0.1, -0.05) is 0 Å². The number of carbonyl (C=O) groups excluding carboxylic acids is 2. The molecule has 0 radical (unpaired) electrons. The van der Waals surface area contributed by atoms with Gasteiger partial charge in [-0.05, 0) is 41.5 Å². The fraction of sp³-hybridized carbons (Fsp3) is 0.882. The zero-order chi connectivity index (χ0) is 19.4. The van der Waals surface area contributed by atoms with Crippen LogP contribution in [0.25, 0.3) is 0 Å². The third-order valence-corrected chi connectivity index (χ3v) is 3.66. The quantitative estimate of drug-likeness (QED) is 0.660. The number of hydrogen-bond donors (Lipinski definition) is 3. The third-order valence-electron chi connectivity index (χ3n) is 3.66. The molecule has 0 spiro atoms. The lowest BCUT2D eigenvalue weighted by molar-refractivity contribution is -0.130. The van der Waals surface area contributed by atoms with Gasteiger partial charge in [0, 0.05) is 38.3 Å². The van der Waals surface area contributed by atoms with Gasteiger partial charge in [-0.2, -0.15) is 0 Å². The number of ether oxygens (including phenoxy) is 1. The number of nitrogens with two attached hydrogens (primary N) is 1. The van der Waals surface area contributed by atoms with Crippen LogP contribution in [0, 0.1) is 0 Å². The number of nitrogens with zero attached hydrogens (tertiary/aromatic N) is 2. The minimum absolute atomic E-state index is 0.125. The summed E-state index contributed by atoms with van der Waals surface area (Å²) in [5.74, 6) is -0.176. The number of aliphatic hydroxyl groups is 1. The molecule has 2 amide bonds. The lowest BCUT2D eigenvalue weighted by Gasteiger charge is -2.42. The highest BCUT2D eigenvalue weighted by molar-refractivity contribution is 5.83. The molecule has 1 heterocycles. The van der Waals surface area contributed by atoms with Gasteiger partial charge >= 0.3 is 6.09 Å². The summed E-state index contributed by atoms with van der Waals surface area (Å²) in [5.41, 5.74) is 4.52. The first kappa shape index (κ1) is 21.7. The Morgan fingerprint density at radius 2 is 1.84 bits per heavy atom. The van der Waals surface area contributed by atoms with Crippen molar-refractivity contribution in [2.24, 2.45) is 5.73 Å². The van der Waals surface area contributed by atoms with Crippen molar-refractivity contribution in [3.8, 4) is 0 Å². The molecule has 0 saturated carbocycles. The van der Waals surface area contributed by atoms with Gasteiger partial charge in [-0.25, -0.2) is 4.79 Å². The molecule has 1 rings (SSSR count). The predicted molar refractivity (Wildman–Crippen MR) is 96.1 cm³/mol. The van der Waals surface area contributed by atoms with Crippen LogP contribution in [0.4, 0.5) is 4.79 Å². The second kappa shape index (κ2) is 8.33. The molecule has 0 aromatic heterocycles. The first-order valence-corrected chi connectivity index (χ1v) is 8.74. The van der Waals surface area contributed by atoms with Crippen LogP contribution in [-0.2, 0) is 9.53 Å². The van der Waals surface area contributed by atoms with Gasteiger partial charge in [0.15, 0.2) is 0 Å². The van der Waals surface area contributed by atoms with Crippen molar-refractivity contribution in [1.29, 1.82) is 0 Å². The number of β-amino-alcohol motifs (C(OH)–C–C–N with tert-alkyl or cyclic N) is 1. The number of hydrogen-bond acceptors (Lipinski definition) is 6. The largest absolute Gasteiger partial charge is 0.444 e. The van der Waals surface area contributed by atoms with Crippen LogP contribution in [-0.4, -0.2) is 82.9 Å². The summed E-state index contributed by atoms with van der Waals surface area (Å²) in [6.45, 7) is 12.7. The van der Waals surface area contributed by atoms with E-state index < -0.39 is 23.8 Å². The van der Waals surface area contributed by atoms with Crippen molar-refractivity contribution < 1.29 is 19.4 Å². The fourth-order valence-electron chi connectivity index (χ4n) is 2.58. The Balaban J connectivity index is 2.87. The minimum Gasteiger partial charge on any atom is -0.444 e. The minimum atomic E-state index is -0.710. The fourth-order valence-corrected chi connectivity index (χ4v) is 2.58. The van der Waals surface area contributed by atoms with Crippen LogP contribution >= 0.6 is 0 Å². The lowest BCUT2D eigenvalue weighted by Crippen LogP contribution is -2.63. The Hall–Kier alpha value is -1.38. The Morgan fingerprint density at radius 3 is 2.32 bits per heavy atom. The molecule has 8 heteroatoms. The molecule has 25 heavy (non-hydrogen) atoms. The molecule has 1 aliphatic heterocycles. The number of piperazine rings is 1. The van der Waals surface area contributed by atoms with Crippen molar-refractivity contribution in [3.05, 3.63) is 0 Å². The summed E-state index contributed by atoms with van der Waals surface area (Å²) in [4.78, 5) is 28.5. The number of nitrogens with one attached hydrogen (secondary N) is 1. The number of aliphatic hydroxyl groups excluding tert-OH is 1. The monoisotopic (exact) mass is 358 g/mol. The van der Waals surface area contributed by atoms with Crippen molar-refractivity contribution in [2.45, 2.75) is 64.8 Å². The molecular formula is C17H34N4O4. The summed E-state index contributed by atoms with van der Waals surface area (Å²) in [6.07, 6.45) is -1.14. The number of rotatable bonds is 4. The number of carbonyl (C=O) groups is 2. The molecule has 2 atom stereocenters. The molecule has 0 bridgehead atoms. The van der Waals surface area contributed by atoms with Crippen LogP contribution in [0.1, 0.15) is 41.5 Å². The smallest absolute Gasteiger partial charge is 0.410 e. The zero-order valence-electron chi connectivity index (χ0n) is 16.3. The molecule has 4 N–H and O–H groups in total. The maximum absolute atomic E-state index is 12.7. The highest BCUT2D eigenvalue weighted by Crippen LogP contribution is 2.16. The van der Waals surface area contributed by atoms with Gasteiger partial charge in [-0.3, -0.25) is 9.69 Å². The molecule has 1 saturated heterocycles. The van der Waals surface area contributed by atoms with E-state index in [1.807, 2.05) is 46.4 Å². The average molecular weight is 358 g/mol. The van der Waals surface area contributed by atoms with E-state index in [1.165, 1.54) is 0 Å². The Labute approximate surface area is 150 Å². The second-order valence-corrected chi connectivity index (χ2v) is 8.57. The topological polar surface area (TPSA) is 108 Å². The van der Waals surface area contributed by atoms with Crippen LogP contribution in [0.2, 0.25) is 0 Å². The van der Waals surface area contributed by atoms with Crippen LogP contribution in [0.3, 0.4) is 0 Å². The second-order valence-electron chi connectivity index (χ2n) is 8.57. The molecular weight excluding hydrogens is 324 g/mol. The van der Waals surface area contributed by atoms with E-state index >= 15 is 0 Å². The van der Waals surface area contributed by atoms with Gasteiger partial charge in [0.25, 0.3) is 0 Å². The van der Waals surface area contributed by atoms with E-state index in [4.69, 9.17) is 10.5 Å². The van der Waals surface area contributed by atoms with Gasteiger partial charge in [0.2, 0.25) is 5.91 Å². The Morgan fingerprint density at radius 1 is 1.24 bits per heavy atom. The SMILES string of the molecule is CC(C)(C)NC(=O)[C@@H]1CN(C(=O)OC(C)(C)C)CCN1C[C@@H](O)CN. The summed E-state index contributed by atoms with van der Waals surface area (Å²) in [7, 11) is 0. The standard InChI is InChI=1S/C17H34N4O4/c1-16(2,3)19-14(23)13-11-21(15(24)25-17(4,5)6)8-7-20(13)10-12(22)9-18/h12-13,22H,7-11,18H2,1-6H3,(H,19,23)/t12-,13-/m0/s1. The van der Waals surface area contributed by atoms with Crippen molar-refractivity contribution in [2.75, 3.05) is 32.7 Å². The molecule has 8 nitrogen and oxygen atoms in total. The highest BCUT2D eigenvalue weighted by Gasteiger charge is 2.37. The molecule has 0 unspecified atom stereocenters. The highest BCUT2D eigenvalue weighted by atomic mass is 16.6. The van der Waals surface area contributed by atoms with Gasteiger partial charge in [0.1, 0.15) is 11.6 Å². The van der Waals surface area contributed by atoms with E-state index in [-0.39, 0.29) is 24.5 Å². The number of amides is 2. The Bertz CT molecular complexity index is 470. The van der Waals surface area contributed by atoms with E-state index in [0.717, 1.165) is 0 Å². The maximum Gasteiger partial charge on any atom is 0.410 e. The maximum atomic E-state index is 12.7. The summed E-state index contributed by atoms with van der Waals surface area (Å²) >= 11 is 0. The zero-order valence-corrected chi connectivity index (χ0v) is 16.3. The summed E-state index contributed by atoms with van der Waals surface area (Å²) in [6, 6.07) is -0.554. The molecule has 146 valence electrons.